The van der Waals surface area contributed by atoms with E-state index >= 15 is 0 Å². The molecule has 224 valence electrons. The summed E-state index contributed by atoms with van der Waals surface area (Å²) in [6.07, 6.45) is 1.13. The van der Waals surface area contributed by atoms with Crippen LogP contribution >= 0.6 is 0 Å². The van der Waals surface area contributed by atoms with Crippen LogP contribution in [0.25, 0.3) is 10.9 Å². The lowest BCUT2D eigenvalue weighted by Gasteiger charge is -2.23. The molecular formula is C27H33N7O7S. The topological polar surface area (TPSA) is 239 Å². The normalized spacial score (nSPS) is 12.7. The Labute approximate surface area is 242 Å². The number of amides is 3. The number of benzene rings is 2. The number of hydrogen-bond donors (Lipinski definition) is 7. The molecule has 0 spiro atoms. The van der Waals surface area contributed by atoms with Gasteiger partial charge < -0.3 is 31.8 Å². The Hall–Kier alpha value is -4.76. The Bertz CT molecular complexity index is 1570. The monoisotopic (exact) mass is 599 g/mol. The van der Waals surface area contributed by atoms with E-state index in [2.05, 4.69) is 25.1 Å². The molecule has 0 bridgehead atoms. The molecule has 0 aliphatic carbocycles. The first-order chi connectivity index (χ1) is 19.9. The number of fused-ring (bicyclic) bond motifs is 1. The fourth-order valence-electron chi connectivity index (χ4n) is 4.12. The highest BCUT2D eigenvalue weighted by Gasteiger charge is 2.31. The van der Waals surface area contributed by atoms with Gasteiger partial charge in [0, 0.05) is 35.6 Å². The summed E-state index contributed by atoms with van der Waals surface area (Å²) < 4.78 is 32.1. The maximum Gasteiger partial charge on any atom is 0.322 e. The van der Waals surface area contributed by atoms with E-state index in [1.54, 1.807) is 42.6 Å². The molecule has 2 aromatic carbocycles. The molecule has 3 rings (SSSR count). The summed E-state index contributed by atoms with van der Waals surface area (Å²) in [5.74, 6) is -4.34. The van der Waals surface area contributed by atoms with Crippen molar-refractivity contribution in [2.45, 2.75) is 37.9 Å². The number of H-pyrrole nitrogens is 1. The van der Waals surface area contributed by atoms with Crippen LogP contribution in [0, 0.1) is 5.41 Å². The molecule has 0 saturated heterocycles. The molecule has 15 heteroatoms. The molecule has 42 heavy (non-hydrogen) atoms. The molecule has 0 saturated carbocycles. The number of nitrogen functional groups attached to an aromatic ring is 1. The zero-order chi connectivity index (χ0) is 30.9. The van der Waals surface area contributed by atoms with Gasteiger partial charge in [-0.15, -0.1) is 0 Å². The minimum atomic E-state index is -4.33. The van der Waals surface area contributed by atoms with Gasteiger partial charge in [0.2, 0.25) is 27.7 Å². The number of hydrogen-bond acceptors (Lipinski definition) is 8. The van der Waals surface area contributed by atoms with Crippen LogP contribution in [0.3, 0.4) is 0 Å². The number of carbonyl (C=O) groups excluding carboxylic acids is 4. The van der Waals surface area contributed by atoms with Crippen molar-refractivity contribution in [2.24, 2.45) is 11.5 Å². The van der Waals surface area contributed by atoms with E-state index in [1.165, 1.54) is 0 Å². The molecule has 3 aromatic rings. The van der Waals surface area contributed by atoms with Gasteiger partial charge in [-0.25, -0.2) is 13.1 Å². The maximum atomic E-state index is 13.5. The Kier molecular flexibility index (Phi) is 10.8. The number of amidine groups is 1. The van der Waals surface area contributed by atoms with Crippen molar-refractivity contribution in [3.05, 3.63) is 71.4 Å². The van der Waals surface area contributed by atoms with Gasteiger partial charge in [-0.3, -0.25) is 24.6 Å². The third-order valence-electron chi connectivity index (χ3n) is 6.32. The summed E-state index contributed by atoms with van der Waals surface area (Å²) in [7, 11) is -3.29. The smallest absolute Gasteiger partial charge is 0.322 e. The second kappa shape index (κ2) is 14.2. The molecule has 1 heterocycles. The lowest BCUT2D eigenvalue weighted by molar-refractivity contribution is -0.137. The number of ether oxygens (including phenoxy) is 1. The molecule has 9 N–H and O–H groups in total. The van der Waals surface area contributed by atoms with E-state index in [1.807, 2.05) is 12.1 Å². The van der Waals surface area contributed by atoms with Crippen LogP contribution in [0.15, 0.2) is 54.7 Å². The Balaban J connectivity index is 1.81. The highest BCUT2D eigenvalue weighted by Crippen LogP contribution is 2.19. The van der Waals surface area contributed by atoms with Gasteiger partial charge in [-0.1, -0.05) is 42.5 Å². The number of aromatic nitrogens is 1. The fourth-order valence-corrected chi connectivity index (χ4v) is 5.26. The lowest BCUT2D eigenvalue weighted by Crippen LogP contribution is -2.55. The molecule has 2 unspecified atom stereocenters. The van der Waals surface area contributed by atoms with Crippen LogP contribution in [0.5, 0.6) is 0 Å². The van der Waals surface area contributed by atoms with Gasteiger partial charge in [0.05, 0.1) is 7.11 Å². The number of rotatable bonds is 15. The molecule has 0 aliphatic heterocycles. The third kappa shape index (κ3) is 9.14. The molecule has 14 nitrogen and oxygen atoms in total. The Morgan fingerprint density at radius 3 is 2.33 bits per heavy atom. The number of esters is 1. The van der Waals surface area contributed by atoms with Crippen molar-refractivity contribution in [2.75, 3.05) is 12.9 Å². The summed E-state index contributed by atoms with van der Waals surface area (Å²) in [5, 5.41) is 13.4. The van der Waals surface area contributed by atoms with Crippen LogP contribution in [0.4, 0.5) is 0 Å². The predicted molar refractivity (Wildman–Crippen MR) is 154 cm³/mol. The van der Waals surface area contributed by atoms with Crippen molar-refractivity contribution in [3.8, 4) is 0 Å². The number of nitrogens with two attached hydrogens (primary N) is 2. The largest absolute Gasteiger partial charge is 0.468 e. The second-order valence-corrected chi connectivity index (χ2v) is 11.2. The first-order valence-electron chi connectivity index (χ1n) is 12.8. The molecule has 0 aliphatic rings. The van der Waals surface area contributed by atoms with Crippen molar-refractivity contribution in [3.63, 3.8) is 0 Å². The average Bonchev–Trinajstić information content (AvgIpc) is 3.35. The number of nitrogens with one attached hydrogen (secondary N) is 5. The number of primary amides is 1. The van der Waals surface area contributed by atoms with Crippen LogP contribution in [-0.4, -0.2) is 67.9 Å². The summed E-state index contributed by atoms with van der Waals surface area (Å²) in [4.78, 5) is 52.8. The lowest BCUT2D eigenvalue weighted by atomic mass is 10.0. The van der Waals surface area contributed by atoms with Crippen LogP contribution in [0.2, 0.25) is 0 Å². The fraction of sp³-hybridized carbons (Fsp3) is 0.296. The summed E-state index contributed by atoms with van der Waals surface area (Å²) in [6, 6.07) is 11.1. The summed E-state index contributed by atoms with van der Waals surface area (Å²) in [6.45, 7) is 0.0600. The molecule has 3 amide bonds. The van der Waals surface area contributed by atoms with E-state index in [4.69, 9.17) is 16.9 Å². The number of para-hydroxylation sites is 1. The molecule has 2 atom stereocenters. The van der Waals surface area contributed by atoms with Gasteiger partial charge in [0.1, 0.15) is 17.9 Å². The van der Waals surface area contributed by atoms with Gasteiger partial charge in [0.15, 0.2) is 5.75 Å². The highest BCUT2D eigenvalue weighted by atomic mass is 32.2. The quantitative estimate of drug-likeness (QED) is 0.0682. The van der Waals surface area contributed by atoms with Crippen LogP contribution in [0.1, 0.15) is 29.5 Å². The van der Waals surface area contributed by atoms with E-state index in [0.717, 1.165) is 18.0 Å². The number of sulfonamides is 1. The Morgan fingerprint density at radius 2 is 1.69 bits per heavy atom. The summed E-state index contributed by atoms with van der Waals surface area (Å²) >= 11 is 0. The number of carbonyl (C=O) groups is 4. The number of aromatic amines is 1. The van der Waals surface area contributed by atoms with E-state index < -0.39 is 51.6 Å². The molecule has 0 radical (unpaired) electrons. The maximum absolute atomic E-state index is 13.5. The minimum absolute atomic E-state index is 0.0600. The first kappa shape index (κ1) is 31.8. The highest BCUT2D eigenvalue weighted by molar-refractivity contribution is 7.90. The van der Waals surface area contributed by atoms with E-state index in [9.17, 15) is 27.6 Å². The SMILES string of the molecule is COC(=O)CS(=O)(=O)NC(Cc1c[nH]c2ccccc12)C(=O)NC(CCC(N)=O)C(=O)NCc1ccc(C(=N)N)cc1. The minimum Gasteiger partial charge on any atom is -0.468 e. The van der Waals surface area contributed by atoms with Gasteiger partial charge in [0.25, 0.3) is 0 Å². The molecule has 0 fully saturated rings. The Morgan fingerprint density at radius 1 is 1.00 bits per heavy atom. The van der Waals surface area contributed by atoms with E-state index in [-0.39, 0.29) is 31.6 Å². The first-order valence-corrected chi connectivity index (χ1v) is 14.4. The van der Waals surface area contributed by atoms with Gasteiger partial charge in [-0.2, -0.15) is 0 Å². The molecular weight excluding hydrogens is 566 g/mol. The zero-order valence-electron chi connectivity index (χ0n) is 22.8. The predicted octanol–water partition coefficient (Wildman–Crippen LogP) is -0.478. The third-order valence-corrected chi connectivity index (χ3v) is 7.58. The second-order valence-electron chi connectivity index (χ2n) is 9.46. The van der Waals surface area contributed by atoms with Gasteiger partial charge in [-0.05, 0) is 30.0 Å². The zero-order valence-corrected chi connectivity index (χ0v) is 23.6. The van der Waals surface area contributed by atoms with Crippen molar-refractivity contribution in [1.29, 1.82) is 5.41 Å². The van der Waals surface area contributed by atoms with Crippen LogP contribution < -0.4 is 26.8 Å². The van der Waals surface area contributed by atoms with E-state index in [0.29, 0.717) is 16.7 Å². The van der Waals surface area contributed by atoms with Gasteiger partial charge >= 0.3 is 5.97 Å². The average molecular weight is 600 g/mol. The van der Waals surface area contributed by atoms with Crippen molar-refractivity contribution in [1.82, 2.24) is 20.3 Å². The summed E-state index contributed by atoms with van der Waals surface area (Å²) in [5.41, 5.74) is 13.3. The van der Waals surface area contributed by atoms with Crippen molar-refractivity contribution < 1.29 is 32.3 Å². The van der Waals surface area contributed by atoms with Crippen LogP contribution in [-0.2, 0) is 46.9 Å². The molecule has 1 aromatic heterocycles. The standard InChI is InChI=1S/C27H33N7O7S/c1-41-24(36)15-42(39,40)34-22(12-18-14-31-20-5-3-2-4-19(18)20)27(38)33-21(10-11-23(28)35)26(37)32-13-16-6-8-17(9-7-16)25(29)30/h2-9,14,21-22,31,34H,10-13,15H2,1H3,(H2,28,35)(H3,29,30)(H,32,37)(H,33,38). The number of methoxy groups -OCH3 is 1. The van der Waals surface area contributed by atoms with Crippen molar-refractivity contribution >= 4 is 50.5 Å².